The number of aromatic nitrogens is 1. The first kappa shape index (κ1) is 27.5. The second-order valence-electron chi connectivity index (χ2n) is 9.00. The van der Waals surface area contributed by atoms with Crippen LogP contribution >= 0.6 is 0 Å². The number of cyclic esters (lactones) is 1. The third-order valence-corrected chi connectivity index (χ3v) is 6.40. The van der Waals surface area contributed by atoms with Gasteiger partial charge in [-0.25, -0.2) is 18.4 Å². The summed E-state index contributed by atoms with van der Waals surface area (Å²) in [6.45, 7) is 2.24. The highest BCUT2D eigenvalue weighted by Crippen LogP contribution is 2.31. The van der Waals surface area contributed by atoms with Gasteiger partial charge in [-0.1, -0.05) is 0 Å². The first-order valence-corrected chi connectivity index (χ1v) is 12.2. The van der Waals surface area contributed by atoms with Gasteiger partial charge in [0.2, 0.25) is 5.91 Å². The van der Waals surface area contributed by atoms with Crippen molar-refractivity contribution in [3.8, 4) is 0 Å². The van der Waals surface area contributed by atoms with Crippen molar-refractivity contribution >= 4 is 35.4 Å². The molecular weight excluding hydrogens is 518 g/mol. The summed E-state index contributed by atoms with van der Waals surface area (Å²) in [7, 11) is 1.19. The van der Waals surface area contributed by atoms with Gasteiger partial charge in [-0.05, 0) is 19.1 Å². The topological polar surface area (TPSA) is 133 Å². The number of hydrogen-bond acceptors (Lipinski definition) is 8. The molecule has 39 heavy (non-hydrogen) atoms. The highest BCUT2D eigenvalue weighted by molar-refractivity contribution is 5.97. The summed E-state index contributed by atoms with van der Waals surface area (Å²) < 4.78 is 39.8. The van der Waals surface area contributed by atoms with Crippen LogP contribution in [0.5, 0.6) is 0 Å². The van der Waals surface area contributed by atoms with Crippen molar-refractivity contribution in [1.82, 2.24) is 20.5 Å². The SMILES string of the molecule is COC(=O)NC[C@H]1CN(c2cc(F)c(N3CCN(C(=O)[C@@H](C)NC(=O)c4cccnc4)CC3)c(F)c2)C(=O)O1. The van der Waals surface area contributed by atoms with E-state index in [2.05, 4.69) is 20.4 Å². The van der Waals surface area contributed by atoms with E-state index in [1.165, 1.54) is 29.3 Å². The molecule has 0 aliphatic carbocycles. The number of piperazine rings is 1. The minimum absolute atomic E-state index is 0.0165. The molecule has 2 atom stereocenters. The zero-order valence-electron chi connectivity index (χ0n) is 21.4. The van der Waals surface area contributed by atoms with Gasteiger partial charge in [0, 0.05) is 50.7 Å². The van der Waals surface area contributed by atoms with Crippen LogP contribution in [0.3, 0.4) is 0 Å². The first-order valence-electron chi connectivity index (χ1n) is 12.2. The van der Waals surface area contributed by atoms with Crippen LogP contribution < -0.4 is 20.4 Å². The summed E-state index contributed by atoms with van der Waals surface area (Å²) in [5.74, 6) is -2.48. The third-order valence-electron chi connectivity index (χ3n) is 6.40. The van der Waals surface area contributed by atoms with Gasteiger partial charge >= 0.3 is 12.2 Å². The van der Waals surface area contributed by atoms with Crippen molar-refractivity contribution in [3.63, 3.8) is 0 Å². The highest BCUT2D eigenvalue weighted by atomic mass is 19.1. The van der Waals surface area contributed by atoms with Crippen molar-refractivity contribution in [2.24, 2.45) is 0 Å². The number of carbonyl (C=O) groups excluding carboxylic acids is 4. The van der Waals surface area contributed by atoms with Gasteiger partial charge < -0.3 is 29.9 Å². The number of pyridine rings is 1. The lowest BCUT2D eigenvalue weighted by Gasteiger charge is -2.37. The number of alkyl carbamates (subject to hydrolysis) is 1. The monoisotopic (exact) mass is 546 g/mol. The molecule has 2 N–H and O–H groups in total. The standard InChI is InChI=1S/C25H28F2N6O6/c1-15(30-22(34)16-4-3-5-28-12-16)23(35)32-8-6-31(7-9-32)21-19(26)10-17(11-20(21)27)33-14-18(39-25(33)37)13-29-24(36)38-2/h3-5,10-12,15,18H,6-9,13-14H2,1-2H3,(H,29,36)(H,30,34)/t15-,18+/m1/s1. The van der Waals surface area contributed by atoms with Gasteiger partial charge in [0.25, 0.3) is 5.91 Å². The van der Waals surface area contributed by atoms with E-state index >= 15 is 8.78 Å². The maximum absolute atomic E-state index is 15.1. The number of rotatable bonds is 7. The smallest absolute Gasteiger partial charge is 0.414 e. The van der Waals surface area contributed by atoms with Gasteiger partial charge in [0.1, 0.15) is 17.8 Å². The van der Waals surface area contributed by atoms with Crippen molar-refractivity contribution in [1.29, 1.82) is 0 Å². The maximum Gasteiger partial charge on any atom is 0.414 e. The van der Waals surface area contributed by atoms with Crippen LogP contribution in [0.1, 0.15) is 17.3 Å². The average molecular weight is 547 g/mol. The normalized spacial score (nSPS) is 17.9. The molecule has 4 rings (SSSR count). The molecule has 0 unspecified atom stereocenters. The molecule has 12 nitrogen and oxygen atoms in total. The molecule has 3 heterocycles. The van der Waals surface area contributed by atoms with Gasteiger partial charge in [0.15, 0.2) is 11.6 Å². The number of halogens is 2. The van der Waals surface area contributed by atoms with Crippen LogP contribution in [-0.4, -0.2) is 92.4 Å². The average Bonchev–Trinajstić information content (AvgIpc) is 3.32. The van der Waals surface area contributed by atoms with Crippen LogP contribution in [0.2, 0.25) is 0 Å². The Balaban J connectivity index is 1.34. The largest absolute Gasteiger partial charge is 0.453 e. The molecule has 2 fully saturated rings. The third kappa shape index (κ3) is 6.33. The molecule has 14 heteroatoms. The molecule has 208 valence electrons. The number of methoxy groups -OCH3 is 1. The Kier molecular flexibility index (Phi) is 8.42. The van der Waals surface area contributed by atoms with Crippen LogP contribution in [-0.2, 0) is 14.3 Å². The molecule has 2 aliphatic rings. The fourth-order valence-electron chi connectivity index (χ4n) is 4.38. The first-order chi connectivity index (χ1) is 18.7. The van der Waals surface area contributed by atoms with Crippen molar-refractivity contribution in [3.05, 3.63) is 53.9 Å². The molecule has 2 aliphatic heterocycles. The highest BCUT2D eigenvalue weighted by Gasteiger charge is 2.34. The van der Waals surface area contributed by atoms with Gasteiger partial charge in [-0.3, -0.25) is 19.5 Å². The molecule has 4 amide bonds. The Morgan fingerprint density at radius 1 is 1.18 bits per heavy atom. The van der Waals surface area contributed by atoms with Crippen LogP contribution in [0.4, 0.5) is 29.7 Å². The summed E-state index contributed by atoms with van der Waals surface area (Å²) in [6.07, 6.45) is 0.719. The van der Waals surface area contributed by atoms with E-state index in [0.717, 1.165) is 17.0 Å². The van der Waals surface area contributed by atoms with Crippen LogP contribution in [0.25, 0.3) is 0 Å². The van der Waals surface area contributed by atoms with Crippen molar-refractivity contribution < 1.29 is 37.4 Å². The lowest BCUT2D eigenvalue weighted by Crippen LogP contribution is -2.54. The second-order valence-corrected chi connectivity index (χ2v) is 9.00. The molecule has 0 bridgehead atoms. The van der Waals surface area contributed by atoms with Crippen molar-refractivity contribution in [2.75, 3.05) is 56.2 Å². The number of nitrogens with one attached hydrogen (secondary N) is 2. The molecular formula is C25H28F2N6O6. The Hall–Kier alpha value is -4.49. The summed E-state index contributed by atoms with van der Waals surface area (Å²) in [4.78, 5) is 56.6. The van der Waals surface area contributed by atoms with E-state index in [9.17, 15) is 19.2 Å². The summed E-state index contributed by atoms with van der Waals surface area (Å²) in [6, 6.07) is 4.49. The molecule has 2 saturated heterocycles. The zero-order chi connectivity index (χ0) is 28.1. The minimum atomic E-state index is -0.870. The van der Waals surface area contributed by atoms with Crippen LogP contribution in [0, 0.1) is 11.6 Å². The van der Waals surface area contributed by atoms with E-state index in [1.54, 1.807) is 19.1 Å². The number of carbonyl (C=O) groups is 4. The van der Waals surface area contributed by atoms with Gasteiger partial charge in [0.05, 0.1) is 31.5 Å². The number of hydrogen-bond donors (Lipinski definition) is 2. The number of anilines is 2. The zero-order valence-corrected chi connectivity index (χ0v) is 21.4. The fourth-order valence-corrected chi connectivity index (χ4v) is 4.38. The molecule has 0 radical (unpaired) electrons. The molecule has 2 aromatic rings. The quantitative estimate of drug-likeness (QED) is 0.534. The Bertz CT molecular complexity index is 1220. The summed E-state index contributed by atoms with van der Waals surface area (Å²) in [5, 5.41) is 5.04. The molecule has 0 spiro atoms. The number of amides is 4. The number of nitrogens with zero attached hydrogens (tertiary/aromatic N) is 4. The molecule has 1 aromatic heterocycles. The Morgan fingerprint density at radius 3 is 2.49 bits per heavy atom. The van der Waals surface area contributed by atoms with Crippen molar-refractivity contribution in [2.45, 2.75) is 19.1 Å². The lowest BCUT2D eigenvalue weighted by molar-refractivity contribution is -0.133. The van der Waals surface area contributed by atoms with Gasteiger partial charge in [-0.2, -0.15) is 0 Å². The molecule has 0 saturated carbocycles. The van der Waals surface area contributed by atoms with Gasteiger partial charge in [-0.15, -0.1) is 0 Å². The Labute approximate surface area is 222 Å². The van der Waals surface area contributed by atoms with Crippen LogP contribution in [0.15, 0.2) is 36.7 Å². The fraction of sp³-hybridized carbons (Fsp3) is 0.400. The Morgan fingerprint density at radius 2 is 1.87 bits per heavy atom. The summed E-state index contributed by atoms with van der Waals surface area (Å²) >= 11 is 0. The minimum Gasteiger partial charge on any atom is -0.453 e. The van der Waals surface area contributed by atoms with E-state index in [-0.39, 0.29) is 56.6 Å². The van der Waals surface area contributed by atoms with E-state index < -0.39 is 41.9 Å². The predicted molar refractivity (Wildman–Crippen MR) is 134 cm³/mol. The van der Waals surface area contributed by atoms with E-state index in [0.29, 0.717) is 5.56 Å². The molecule has 1 aromatic carbocycles. The lowest BCUT2D eigenvalue weighted by atomic mass is 10.1. The number of benzene rings is 1. The van der Waals surface area contributed by atoms with E-state index in [1.807, 2.05) is 0 Å². The second kappa shape index (κ2) is 11.9. The van der Waals surface area contributed by atoms with E-state index in [4.69, 9.17) is 4.74 Å². The summed E-state index contributed by atoms with van der Waals surface area (Å²) in [5.41, 5.74) is 0.0403. The predicted octanol–water partition coefficient (Wildman–Crippen LogP) is 1.51. The maximum atomic E-state index is 15.1. The number of ether oxygens (including phenoxy) is 2.